The second-order valence-electron chi connectivity index (χ2n) is 4.09. The summed E-state index contributed by atoms with van der Waals surface area (Å²) in [6, 6.07) is 3.51. The molecule has 0 amide bonds. The molecule has 0 aliphatic carbocycles. The molecular formula is C13H13F2N3O. The topological polar surface area (TPSA) is 59.6 Å². The van der Waals surface area contributed by atoms with E-state index in [1.54, 1.807) is 6.08 Å². The van der Waals surface area contributed by atoms with Crippen LogP contribution in [-0.2, 0) is 0 Å². The van der Waals surface area contributed by atoms with Crippen molar-refractivity contribution in [1.82, 2.24) is 5.43 Å². The molecule has 1 aliphatic rings. The molecular weight excluding hydrogens is 252 g/mol. The van der Waals surface area contributed by atoms with Crippen molar-refractivity contribution in [2.75, 3.05) is 0 Å². The van der Waals surface area contributed by atoms with Gasteiger partial charge in [-0.25, -0.2) is 13.8 Å². The lowest BCUT2D eigenvalue weighted by Crippen LogP contribution is -2.20. The van der Waals surface area contributed by atoms with E-state index in [-0.39, 0.29) is 5.90 Å². The van der Waals surface area contributed by atoms with Crippen LogP contribution in [0.2, 0.25) is 0 Å². The van der Waals surface area contributed by atoms with E-state index in [2.05, 4.69) is 10.4 Å². The van der Waals surface area contributed by atoms with Crippen LogP contribution in [0.1, 0.15) is 13.3 Å². The summed E-state index contributed by atoms with van der Waals surface area (Å²) in [7, 11) is 0. The Morgan fingerprint density at radius 3 is 2.63 bits per heavy atom. The summed E-state index contributed by atoms with van der Waals surface area (Å²) < 4.78 is 32.1. The number of ether oxygens (including phenoxy) is 1. The van der Waals surface area contributed by atoms with E-state index in [0.29, 0.717) is 12.1 Å². The number of benzene rings is 1. The molecule has 0 fully saturated rings. The molecule has 0 spiro atoms. The van der Waals surface area contributed by atoms with Gasteiger partial charge in [0.25, 0.3) is 0 Å². The molecule has 4 nitrogen and oxygen atoms in total. The van der Waals surface area contributed by atoms with E-state index in [1.165, 1.54) is 12.3 Å². The standard InChI is InChI=1S/C13H13F2N3O/c1-8-5-9(18-16)7-17-12(6-8)19-13-10(14)3-2-4-11(13)15/h2-4,6-7,18H,5,16H2,1H3. The lowest BCUT2D eigenvalue weighted by atomic mass is 10.2. The van der Waals surface area contributed by atoms with Crippen LogP contribution in [0.4, 0.5) is 8.78 Å². The number of nitrogens with one attached hydrogen (secondary N) is 1. The van der Waals surface area contributed by atoms with E-state index in [9.17, 15) is 8.78 Å². The van der Waals surface area contributed by atoms with E-state index in [0.717, 1.165) is 17.7 Å². The largest absolute Gasteiger partial charge is 0.433 e. The molecule has 0 unspecified atom stereocenters. The zero-order valence-corrected chi connectivity index (χ0v) is 10.3. The smallest absolute Gasteiger partial charge is 0.219 e. The second kappa shape index (κ2) is 5.62. The highest BCUT2D eigenvalue weighted by atomic mass is 19.1. The molecule has 6 heteroatoms. The van der Waals surface area contributed by atoms with Gasteiger partial charge in [-0.2, -0.15) is 0 Å². The predicted molar refractivity (Wildman–Crippen MR) is 68.2 cm³/mol. The van der Waals surface area contributed by atoms with Gasteiger partial charge in [0.15, 0.2) is 11.6 Å². The Kier molecular flexibility index (Phi) is 3.91. The van der Waals surface area contributed by atoms with Crippen molar-refractivity contribution in [3.8, 4) is 5.75 Å². The fourth-order valence-electron chi connectivity index (χ4n) is 1.62. The fraction of sp³-hybridized carbons (Fsp3) is 0.154. The van der Waals surface area contributed by atoms with Crippen molar-refractivity contribution in [3.63, 3.8) is 0 Å². The minimum atomic E-state index is -0.779. The first-order chi connectivity index (χ1) is 9.10. The van der Waals surface area contributed by atoms with Crippen molar-refractivity contribution in [2.45, 2.75) is 13.3 Å². The maximum Gasteiger partial charge on any atom is 0.219 e. The molecule has 1 aliphatic heterocycles. The maximum atomic E-state index is 13.5. The van der Waals surface area contributed by atoms with Crippen molar-refractivity contribution in [3.05, 3.63) is 53.4 Å². The van der Waals surface area contributed by atoms with Crippen molar-refractivity contribution in [2.24, 2.45) is 10.8 Å². The van der Waals surface area contributed by atoms with Crippen LogP contribution in [0, 0.1) is 11.6 Å². The zero-order chi connectivity index (χ0) is 13.8. The lowest BCUT2D eigenvalue weighted by molar-refractivity contribution is 0.449. The molecule has 0 saturated heterocycles. The molecule has 100 valence electrons. The quantitative estimate of drug-likeness (QED) is 0.637. The number of aliphatic imine (C=N–C) groups is 1. The molecule has 19 heavy (non-hydrogen) atoms. The lowest BCUT2D eigenvalue weighted by Gasteiger charge is -2.07. The summed E-state index contributed by atoms with van der Waals surface area (Å²) in [5.41, 5.74) is 4.07. The highest BCUT2D eigenvalue weighted by Crippen LogP contribution is 2.22. The minimum absolute atomic E-state index is 0.103. The summed E-state index contributed by atoms with van der Waals surface area (Å²) in [5, 5.41) is 0. The Hall–Kier alpha value is -2.21. The fourth-order valence-corrected chi connectivity index (χ4v) is 1.62. The van der Waals surface area contributed by atoms with Gasteiger partial charge in [0.1, 0.15) is 0 Å². The summed E-state index contributed by atoms with van der Waals surface area (Å²) >= 11 is 0. The first-order valence-electron chi connectivity index (χ1n) is 5.62. The van der Waals surface area contributed by atoms with Crippen molar-refractivity contribution < 1.29 is 13.5 Å². The normalized spacial score (nSPS) is 15.1. The SMILES string of the molecule is CC1=CC(Oc2c(F)cccc2F)=NC=C(NN)C1. The van der Waals surface area contributed by atoms with E-state index in [4.69, 9.17) is 10.6 Å². The van der Waals surface area contributed by atoms with Gasteiger partial charge < -0.3 is 10.2 Å². The average Bonchev–Trinajstić information content (AvgIpc) is 2.55. The number of hydrogen-bond donors (Lipinski definition) is 2. The van der Waals surface area contributed by atoms with Gasteiger partial charge in [0.05, 0.1) is 6.20 Å². The van der Waals surface area contributed by atoms with Crippen LogP contribution in [0.5, 0.6) is 5.75 Å². The Bertz CT molecular complexity index is 559. The van der Waals surface area contributed by atoms with Gasteiger partial charge in [-0.15, -0.1) is 0 Å². The highest BCUT2D eigenvalue weighted by molar-refractivity contribution is 5.91. The highest BCUT2D eigenvalue weighted by Gasteiger charge is 2.13. The molecule has 1 aromatic carbocycles. The van der Waals surface area contributed by atoms with Crippen LogP contribution < -0.4 is 16.0 Å². The summed E-state index contributed by atoms with van der Waals surface area (Å²) in [6.07, 6.45) is 3.63. The zero-order valence-electron chi connectivity index (χ0n) is 10.3. The van der Waals surface area contributed by atoms with Gasteiger partial charge in [0, 0.05) is 12.1 Å². The third-order valence-corrected chi connectivity index (χ3v) is 2.50. The van der Waals surface area contributed by atoms with Crippen LogP contribution in [-0.4, -0.2) is 5.90 Å². The van der Waals surface area contributed by atoms with Gasteiger partial charge in [-0.3, -0.25) is 5.84 Å². The number of rotatable bonds is 2. The van der Waals surface area contributed by atoms with Crippen molar-refractivity contribution >= 4 is 5.90 Å². The molecule has 1 aromatic rings. The molecule has 0 atom stereocenters. The first kappa shape index (κ1) is 13.2. The predicted octanol–water partition coefficient (Wildman–Crippen LogP) is 2.40. The Labute approximate surface area is 109 Å². The van der Waals surface area contributed by atoms with Gasteiger partial charge >= 0.3 is 0 Å². The van der Waals surface area contributed by atoms with Gasteiger partial charge in [-0.1, -0.05) is 11.6 Å². The first-order valence-corrected chi connectivity index (χ1v) is 5.62. The molecule has 0 radical (unpaired) electrons. The average molecular weight is 265 g/mol. The second-order valence-corrected chi connectivity index (χ2v) is 4.09. The Morgan fingerprint density at radius 2 is 2.00 bits per heavy atom. The molecule has 0 saturated carbocycles. The molecule has 2 rings (SSSR count). The molecule has 0 bridgehead atoms. The van der Waals surface area contributed by atoms with Crippen molar-refractivity contribution in [1.29, 1.82) is 0 Å². The number of nitrogens with zero attached hydrogens (tertiary/aromatic N) is 1. The number of halogens is 2. The van der Waals surface area contributed by atoms with Crippen LogP contribution >= 0.6 is 0 Å². The summed E-state index contributed by atoms with van der Waals surface area (Å²) in [4.78, 5) is 3.98. The van der Waals surface area contributed by atoms with E-state index >= 15 is 0 Å². The molecule has 0 aromatic heterocycles. The minimum Gasteiger partial charge on any atom is -0.433 e. The Morgan fingerprint density at radius 1 is 1.32 bits per heavy atom. The van der Waals surface area contributed by atoms with Gasteiger partial charge in [-0.05, 0) is 25.1 Å². The number of para-hydroxylation sites is 1. The third-order valence-electron chi connectivity index (χ3n) is 2.50. The van der Waals surface area contributed by atoms with Crippen LogP contribution in [0.15, 0.2) is 46.7 Å². The molecule has 1 heterocycles. The van der Waals surface area contributed by atoms with E-state index < -0.39 is 17.4 Å². The van der Waals surface area contributed by atoms with Gasteiger partial charge in [0.2, 0.25) is 11.6 Å². The number of allylic oxidation sites excluding steroid dienone is 1. The summed E-state index contributed by atoms with van der Waals surface area (Å²) in [6.45, 7) is 1.84. The monoisotopic (exact) mass is 265 g/mol. The van der Waals surface area contributed by atoms with Crippen LogP contribution in [0.25, 0.3) is 0 Å². The third kappa shape index (κ3) is 3.17. The maximum absolute atomic E-state index is 13.5. The summed E-state index contributed by atoms with van der Waals surface area (Å²) in [5.74, 6) is 3.38. The number of hydrogen-bond acceptors (Lipinski definition) is 4. The number of nitrogens with two attached hydrogens (primary N) is 1. The Balaban J connectivity index is 2.30. The number of hydrazine groups is 1. The van der Waals surface area contributed by atoms with E-state index in [1.807, 2.05) is 6.92 Å². The van der Waals surface area contributed by atoms with Crippen LogP contribution in [0.3, 0.4) is 0 Å². The molecule has 3 N–H and O–H groups in total.